The molecule has 0 aromatic heterocycles. The first-order chi connectivity index (χ1) is 5.81. The predicted molar refractivity (Wildman–Crippen MR) is 60.0 cm³/mol. The molecule has 0 bridgehead atoms. The van der Waals surface area contributed by atoms with Gasteiger partial charge in [-0.3, -0.25) is 0 Å². The second-order valence-corrected chi connectivity index (χ2v) is 3.30. The monoisotopic (exact) mass is 165 g/mol. The van der Waals surface area contributed by atoms with Gasteiger partial charge in [0.25, 0.3) is 0 Å². The first-order valence-electron chi connectivity index (χ1n) is 4.46. The van der Waals surface area contributed by atoms with Crippen molar-refractivity contribution in [3.63, 3.8) is 0 Å². The summed E-state index contributed by atoms with van der Waals surface area (Å²) in [7, 11) is 0. The van der Waals surface area contributed by atoms with Gasteiger partial charge in [-0.25, -0.2) is 0 Å². The van der Waals surface area contributed by atoms with Crippen LogP contribution in [-0.4, -0.2) is 18.9 Å². The van der Waals surface area contributed by atoms with E-state index in [0.717, 1.165) is 6.42 Å². The minimum atomic E-state index is 0. The van der Waals surface area contributed by atoms with Crippen LogP contribution in [0.25, 0.3) is 6.08 Å². The van der Waals surface area contributed by atoms with Gasteiger partial charge in [-0.05, 0) is 24.5 Å². The first kappa shape index (κ1) is 10.6. The Hall–Kier alpha value is -0.443. The number of hydrogen-bond acceptors (Lipinski definition) is 0. The van der Waals surface area contributed by atoms with E-state index in [9.17, 15) is 0 Å². The molecular weight excluding hydrogens is 151 g/mol. The molecule has 1 aliphatic rings. The molecule has 0 heterocycles. The number of hydrogen-bond donors (Lipinski definition) is 0. The van der Waals surface area contributed by atoms with Gasteiger partial charge in [0.15, 0.2) is 0 Å². The Kier molecular flexibility index (Phi) is 3.42. The van der Waals surface area contributed by atoms with Crippen LogP contribution in [0, 0.1) is 12.8 Å². The molecule has 0 aliphatic heterocycles. The molecule has 0 N–H and O–H groups in total. The zero-order valence-corrected chi connectivity index (χ0v) is 7.59. The summed E-state index contributed by atoms with van der Waals surface area (Å²) in [6, 6.07) is 6.65. The van der Waals surface area contributed by atoms with Crippen LogP contribution in [0.2, 0.25) is 0 Å². The number of fused-ring (bicyclic) bond motifs is 1. The molecule has 0 amide bonds. The molecular formula is C12H14Li. The second-order valence-electron chi connectivity index (χ2n) is 3.30. The van der Waals surface area contributed by atoms with E-state index in [4.69, 9.17) is 0 Å². The molecule has 0 nitrogen and oxygen atoms in total. The van der Waals surface area contributed by atoms with Gasteiger partial charge in [-0.1, -0.05) is 42.8 Å². The van der Waals surface area contributed by atoms with E-state index in [1.807, 2.05) is 0 Å². The number of aryl methyl sites for hydroxylation is 1. The Morgan fingerprint density at radius 2 is 1.92 bits per heavy atom. The summed E-state index contributed by atoms with van der Waals surface area (Å²) < 4.78 is 0. The van der Waals surface area contributed by atoms with Crippen molar-refractivity contribution in [2.24, 2.45) is 0 Å². The third kappa shape index (κ3) is 1.90. The van der Waals surface area contributed by atoms with Crippen LogP contribution in [0.1, 0.15) is 30.0 Å². The van der Waals surface area contributed by atoms with Crippen molar-refractivity contribution in [1.29, 1.82) is 0 Å². The molecule has 1 radical (unpaired) electrons. The summed E-state index contributed by atoms with van der Waals surface area (Å²) in [5.41, 5.74) is 4.14. The average Bonchev–Trinajstić information content (AvgIpc) is 2.46. The van der Waals surface area contributed by atoms with Crippen molar-refractivity contribution in [2.45, 2.75) is 20.3 Å². The summed E-state index contributed by atoms with van der Waals surface area (Å²) in [4.78, 5) is 0. The Morgan fingerprint density at radius 3 is 2.62 bits per heavy atom. The van der Waals surface area contributed by atoms with Crippen molar-refractivity contribution in [2.75, 3.05) is 0 Å². The molecule has 0 spiro atoms. The van der Waals surface area contributed by atoms with Crippen LogP contribution in [0.3, 0.4) is 0 Å². The van der Waals surface area contributed by atoms with E-state index in [1.165, 1.54) is 22.6 Å². The summed E-state index contributed by atoms with van der Waals surface area (Å²) in [5, 5.41) is 0. The maximum absolute atomic E-state index is 2.24. The number of benzene rings is 1. The van der Waals surface area contributed by atoms with Crippen molar-refractivity contribution in [1.82, 2.24) is 0 Å². The molecule has 0 unspecified atom stereocenters. The van der Waals surface area contributed by atoms with Gasteiger partial charge in [0.05, 0.1) is 0 Å². The molecule has 0 saturated heterocycles. The van der Waals surface area contributed by atoms with Crippen LogP contribution in [-0.2, 0) is 0 Å². The fraction of sp³-hybridized carbons (Fsp3) is 0.250. The van der Waals surface area contributed by atoms with Gasteiger partial charge in [-0.15, -0.1) is 0 Å². The SMILES string of the molecule is CC[C]1C=Cc2cc(C)ccc21.[LiH]. The van der Waals surface area contributed by atoms with E-state index in [2.05, 4.69) is 44.2 Å². The number of rotatable bonds is 1. The van der Waals surface area contributed by atoms with Crippen molar-refractivity contribution in [3.8, 4) is 0 Å². The number of allylic oxidation sites excluding steroid dienone is 1. The van der Waals surface area contributed by atoms with Gasteiger partial charge in [-0.2, -0.15) is 0 Å². The maximum atomic E-state index is 2.24. The quantitative estimate of drug-likeness (QED) is 0.561. The van der Waals surface area contributed by atoms with Gasteiger partial charge >= 0.3 is 18.9 Å². The van der Waals surface area contributed by atoms with Gasteiger partial charge in [0.1, 0.15) is 0 Å². The summed E-state index contributed by atoms with van der Waals surface area (Å²) in [6.07, 6.45) is 5.57. The predicted octanol–water partition coefficient (Wildman–Crippen LogP) is 2.71. The molecule has 0 saturated carbocycles. The van der Waals surface area contributed by atoms with Gasteiger partial charge in [0.2, 0.25) is 0 Å². The fourth-order valence-corrected chi connectivity index (χ4v) is 1.70. The van der Waals surface area contributed by atoms with E-state index in [0.29, 0.717) is 0 Å². The van der Waals surface area contributed by atoms with Crippen molar-refractivity contribution >= 4 is 24.9 Å². The third-order valence-electron chi connectivity index (χ3n) is 2.40. The average molecular weight is 165 g/mol. The molecule has 2 rings (SSSR count). The van der Waals surface area contributed by atoms with Gasteiger partial charge in [0, 0.05) is 5.92 Å². The fourth-order valence-electron chi connectivity index (χ4n) is 1.70. The Balaban J connectivity index is 0.000000845. The van der Waals surface area contributed by atoms with Crippen LogP contribution >= 0.6 is 0 Å². The van der Waals surface area contributed by atoms with Crippen LogP contribution in [0.5, 0.6) is 0 Å². The van der Waals surface area contributed by atoms with E-state index >= 15 is 0 Å². The summed E-state index contributed by atoms with van der Waals surface area (Å²) in [6.45, 7) is 4.34. The first-order valence-corrected chi connectivity index (χ1v) is 4.46. The molecule has 1 aromatic rings. The third-order valence-corrected chi connectivity index (χ3v) is 2.40. The molecule has 0 atom stereocenters. The van der Waals surface area contributed by atoms with Crippen LogP contribution < -0.4 is 0 Å². The van der Waals surface area contributed by atoms with Crippen LogP contribution in [0.4, 0.5) is 0 Å². The molecule has 1 heteroatoms. The second kappa shape index (κ2) is 4.18. The zero-order valence-electron chi connectivity index (χ0n) is 7.59. The standard InChI is InChI=1S/C12H13.Li.H/c1-3-10-5-6-11-8-9(2)4-7-12(10)11;;/h4-8H,3H2,1-2H3;;. The molecule has 0 fully saturated rings. The minimum absolute atomic E-state index is 0. The summed E-state index contributed by atoms with van der Waals surface area (Å²) in [5.74, 6) is 1.46. The Labute approximate surface area is 92.2 Å². The zero-order chi connectivity index (χ0) is 8.55. The van der Waals surface area contributed by atoms with Gasteiger partial charge < -0.3 is 0 Å². The molecule has 63 valence electrons. The molecule has 1 aromatic carbocycles. The Morgan fingerprint density at radius 1 is 1.15 bits per heavy atom. The van der Waals surface area contributed by atoms with E-state index < -0.39 is 0 Å². The summed E-state index contributed by atoms with van der Waals surface area (Å²) >= 11 is 0. The Bertz CT molecular complexity index is 326. The molecule has 13 heavy (non-hydrogen) atoms. The topological polar surface area (TPSA) is 0 Å². The molecule has 1 aliphatic carbocycles. The van der Waals surface area contributed by atoms with Crippen LogP contribution in [0.15, 0.2) is 24.3 Å². The van der Waals surface area contributed by atoms with E-state index in [-0.39, 0.29) is 18.9 Å². The normalized spacial score (nSPS) is 14.0. The van der Waals surface area contributed by atoms with E-state index in [1.54, 1.807) is 0 Å². The van der Waals surface area contributed by atoms with Crippen molar-refractivity contribution in [3.05, 3.63) is 46.9 Å². The van der Waals surface area contributed by atoms with Crippen molar-refractivity contribution < 1.29 is 0 Å².